The molecule has 0 aromatic heterocycles. The monoisotopic (exact) mass is 380 g/mol. The van der Waals surface area contributed by atoms with Gasteiger partial charge in [0, 0.05) is 11.9 Å². The summed E-state index contributed by atoms with van der Waals surface area (Å²) < 4.78 is 26.7. The molecule has 9 heteroatoms. The van der Waals surface area contributed by atoms with Crippen LogP contribution in [0.5, 0.6) is 0 Å². The predicted octanol–water partition coefficient (Wildman–Crippen LogP) is 2.35. The highest BCUT2D eigenvalue weighted by Gasteiger charge is 2.39. The third-order valence-electron chi connectivity index (χ3n) is 3.47. The molecule has 128 valence electrons. The van der Waals surface area contributed by atoms with Crippen LogP contribution in [0.15, 0.2) is 23.1 Å². The molecular formula is C14H18Cl2N2O4S. The minimum atomic E-state index is -4.20. The van der Waals surface area contributed by atoms with Crippen LogP contribution >= 0.6 is 23.2 Å². The van der Waals surface area contributed by atoms with Crippen molar-refractivity contribution < 1.29 is 18.0 Å². The van der Waals surface area contributed by atoms with Crippen molar-refractivity contribution in [2.24, 2.45) is 5.92 Å². The molecule has 1 aromatic rings. The van der Waals surface area contributed by atoms with Crippen LogP contribution < -0.4 is 10.0 Å². The summed E-state index contributed by atoms with van der Waals surface area (Å²) in [5, 5.41) is 2.64. The lowest BCUT2D eigenvalue weighted by atomic mass is 9.87. The van der Waals surface area contributed by atoms with Gasteiger partial charge in [-0.3, -0.25) is 9.59 Å². The Hall–Kier alpha value is -1.31. The van der Waals surface area contributed by atoms with Crippen molar-refractivity contribution in [3.63, 3.8) is 0 Å². The van der Waals surface area contributed by atoms with Crippen molar-refractivity contribution in [2.75, 3.05) is 0 Å². The Morgan fingerprint density at radius 1 is 1.22 bits per heavy atom. The SMILES string of the molecule is CC(=O)NC(C)(C(=O)NS(=O)(=O)c1ccc(Cl)cc1Cl)C(C)C. The first-order valence-electron chi connectivity index (χ1n) is 6.71. The zero-order chi connectivity index (χ0) is 18.0. The first-order valence-corrected chi connectivity index (χ1v) is 8.95. The van der Waals surface area contributed by atoms with Crippen molar-refractivity contribution in [2.45, 2.75) is 38.1 Å². The lowest BCUT2D eigenvalue weighted by molar-refractivity contribution is -0.132. The number of hydrogen-bond donors (Lipinski definition) is 2. The largest absolute Gasteiger partial charge is 0.342 e. The van der Waals surface area contributed by atoms with E-state index in [1.807, 2.05) is 4.72 Å². The number of rotatable bonds is 5. The standard InChI is InChI=1S/C14H18Cl2N2O4S/c1-8(2)14(4,17-9(3)19)13(20)18-23(21,22)12-6-5-10(15)7-11(12)16/h5-8H,1-4H3,(H,17,19)(H,18,20). The molecule has 0 bridgehead atoms. The van der Waals surface area contributed by atoms with Gasteiger partial charge in [-0.05, 0) is 31.0 Å². The number of amides is 2. The van der Waals surface area contributed by atoms with Gasteiger partial charge in [0.1, 0.15) is 10.4 Å². The van der Waals surface area contributed by atoms with E-state index < -0.39 is 27.4 Å². The van der Waals surface area contributed by atoms with E-state index in [1.165, 1.54) is 32.0 Å². The van der Waals surface area contributed by atoms with Gasteiger partial charge in [0.2, 0.25) is 5.91 Å². The average Bonchev–Trinajstić information content (AvgIpc) is 2.36. The number of hydrogen-bond acceptors (Lipinski definition) is 4. The Morgan fingerprint density at radius 3 is 2.22 bits per heavy atom. The van der Waals surface area contributed by atoms with E-state index in [2.05, 4.69) is 5.32 Å². The molecule has 0 heterocycles. The van der Waals surface area contributed by atoms with Crippen molar-refractivity contribution in [1.82, 2.24) is 10.0 Å². The fourth-order valence-corrected chi connectivity index (χ4v) is 3.65. The molecule has 23 heavy (non-hydrogen) atoms. The molecule has 0 radical (unpaired) electrons. The van der Waals surface area contributed by atoms with Gasteiger partial charge in [0.15, 0.2) is 0 Å². The highest BCUT2D eigenvalue weighted by atomic mass is 35.5. The molecule has 0 saturated heterocycles. The highest BCUT2D eigenvalue weighted by molar-refractivity contribution is 7.90. The third-order valence-corrected chi connectivity index (χ3v) is 5.52. The van der Waals surface area contributed by atoms with Crippen LogP contribution in [0.1, 0.15) is 27.7 Å². The first kappa shape index (κ1) is 19.7. The summed E-state index contributed by atoms with van der Waals surface area (Å²) in [6.45, 7) is 6.08. The molecule has 0 saturated carbocycles. The van der Waals surface area contributed by atoms with E-state index in [0.29, 0.717) is 0 Å². The zero-order valence-electron chi connectivity index (χ0n) is 13.1. The average molecular weight is 381 g/mol. The van der Waals surface area contributed by atoms with Gasteiger partial charge < -0.3 is 5.32 Å². The second-order valence-corrected chi connectivity index (χ2v) is 8.04. The Kier molecular flexibility index (Phi) is 6.06. The summed E-state index contributed by atoms with van der Waals surface area (Å²) in [5.41, 5.74) is -1.39. The molecule has 0 spiro atoms. The second kappa shape index (κ2) is 7.07. The Balaban J connectivity index is 3.17. The summed E-state index contributed by atoms with van der Waals surface area (Å²) in [6.07, 6.45) is 0. The summed E-state index contributed by atoms with van der Waals surface area (Å²) in [6, 6.07) is 3.81. The number of halogens is 2. The highest BCUT2D eigenvalue weighted by Crippen LogP contribution is 2.25. The summed E-state index contributed by atoms with van der Waals surface area (Å²) in [7, 11) is -4.20. The van der Waals surface area contributed by atoms with E-state index >= 15 is 0 Å². The molecule has 6 nitrogen and oxygen atoms in total. The minimum absolute atomic E-state index is 0.108. The van der Waals surface area contributed by atoms with E-state index in [1.54, 1.807) is 13.8 Å². The Bertz CT molecular complexity index is 734. The number of carbonyl (C=O) groups is 2. The van der Waals surface area contributed by atoms with E-state index in [-0.39, 0.29) is 20.9 Å². The number of benzene rings is 1. The van der Waals surface area contributed by atoms with Crippen LogP contribution in [0, 0.1) is 5.92 Å². The summed E-state index contributed by atoms with van der Waals surface area (Å²) >= 11 is 11.6. The smallest absolute Gasteiger partial charge is 0.265 e. The molecular weight excluding hydrogens is 363 g/mol. The third kappa shape index (κ3) is 4.59. The fourth-order valence-electron chi connectivity index (χ4n) is 1.81. The first-order chi connectivity index (χ1) is 10.4. The van der Waals surface area contributed by atoms with Crippen molar-refractivity contribution in [3.8, 4) is 0 Å². The van der Waals surface area contributed by atoms with Gasteiger partial charge in [-0.1, -0.05) is 37.0 Å². The number of sulfonamides is 1. The number of nitrogens with one attached hydrogen (secondary N) is 2. The molecule has 0 aliphatic heterocycles. The minimum Gasteiger partial charge on any atom is -0.342 e. The maximum absolute atomic E-state index is 12.4. The number of carbonyl (C=O) groups excluding carboxylic acids is 2. The quantitative estimate of drug-likeness (QED) is 0.819. The van der Waals surface area contributed by atoms with Crippen LogP contribution in [0.4, 0.5) is 0 Å². The van der Waals surface area contributed by atoms with Gasteiger partial charge in [0.25, 0.3) is 15.9 Å². The van der Waals surface area contributed by atoms with E-state index in [9.17, 15) is 18.0 Å². The molecule has 2 N–H and O–H groups in total. The molecule has 0 aliphatic rings. The Morgan fingerprint density at radius 2 is 1.78 bits per heavy atom. The molecule has 2 amide bonds. The summed E-state index contributed by atoms with van der Waals surface area (Å²) in [4.78, 5) is 23.5. The van der Waals surface area contributed by atoms with Gasteiger partial charge in [-0.25, -0.2) is 13.1 Å². The van der Waals surface area contributed by atoms with Crippen molar-refractivity contribution >= 4 is 45.0 Å². The van der Waals surface area contributed by atoms with Crippen LogP contribution in [-0.4, -0.2) is 25.8 Å². The van der Waals surface area contributed by atoms with Gasteiger partial charge in [-0.15, -0.1) is 0 Å². The maximum Gasteiger partial charge on any atom is 0.265 e. The lowest BCUT2D eigenvalue weighted by Gasteiger charge is -2.32. The van der Waals surface area contributed by atoms with Crippen molar-refractivity contribution in [3.05, 3.63) is 28.2 Å². The van der Waals surface area contributed by atoms with Crippen LogP contribution in [0.2, 0.25) is 10.0 Å². The maximum atomic E-state index is 12.4. The molecule has 0 aliphatic carbocycles. The van der Waals surface area contributed by atoms with Crippen molar-refractivity contribution in [1.29, 1.82) is 0 Å². The molecule has 1 rings (SSSR count). The Labute approximate surface area is 145 Å². The normalized spacial score (nSPS) is 14.2. The topological polar surface area (TPSA) is 92.3 Å². The van der Waals surface area contributed by atoms with Gasteiger partial charge >= 0.3 is 0 Å². The molecule has 1 atom stereocenters. The van der Waals surface area contributed by atoms with Crippen LogP contribution in [0.3, 0.4) is 0 Å². The fraction of sp³-hybridized carbons (Fsp3) is 0.429. The van der Waals surface area contributed by atoms with Crippen LogP contribution in [-0.2, 0) is 19.6 Å². The van der Waals surface area contributed by atoms with Gasteiger partial charge in [0.05, 0.1) is 5.02 Å². The lowest BCUT2D eigenvalue weighted by Crippen LogP contribution is -2.60. The molecule has 0 fully saturated rings. The van der Waals surface area contributed by atoms with Gasteiger partial charge in [-0.2, -0.15) is 0 Å². The second-order valence-electron chi connectivity index (χ2n) is 5.55. The van der Waals surface area contributed by atoms with Crippen LogP contribution in [0.25, 0.3) is 0 Å². The molecule has 1 unspecified atom stereocenters. The summed E-state index contributed by atoms with van der Waals surface area (Å²) in [5.74, 6) is -1.64. The zero-order valence-corrected chi connectivity index (χ0v) is 15.4. The van der Waals surface area contributed by atoms with E-state index in [4.69, 9.17) is 23.2 Å². The van der Waals surface area contributed by atoms with E-state index in [0.717, 1.165) is 0 Å². The molecule has 1 aromatic carbocycles. The predicted molar refractivity (Wildman–Crippen MR) is 88.9 cm³/mol.